The molecule has 1 saturated heterocycles. The first-order valence-corrected chi connectivity index (χ1v) is 10.2. The highest BCUT2D eigenvalue weighted by molar-refractivity contribution is 5.79. The Kier molecular flexibility index (Phi) is 5.76. The van der Waals surface area contributed by atoms with Crippen LogP contribution < -0.4 is 5.32 Å². The Morgan fingerprint density at radius 2 is 2.07 bits per heavy atom. The van der Waals surface area contributed by atoms with Gasteiger partial charge >= 0.3 is 0 Å². The van der Waals surface area contributed by atoms with Crippen molar-refractivity contribution in [2.45, 2.75) is 20.4 Å². The van der Waals surface area contributed by atoms with Crippen LogP contribution in [0.4, 0.5) is 11.6 Å². The van der Waals surface area contributed by atoms with Crippen LogP contribution in [0, 0.1) is 6.92 Å². The number of amides is 1. The fourth-order valence-corrected chi connectivity index (χ4v) is 3.63. The number of nitrogens with zero attached hydrogens (tertiary/aromatic N) is 6. The summed E-state index contributed by atoms with van der Waals surface area (Å²) in [6, 6.07) is 8.18. The van der Waals surface area contributed by atoms with Gasteiger partial charge in [0.15, 0.2) is 0 Å². The Hall–Kier alpha value is -3.26. The molecule has 1 N–H and O–H groups in total. The van der Waals surface area contributed by atoms with Gasteiger partial charge in [0.25, 0.3) is 0 Å². The molecule has 1 fully saturated rings. The molecule has 30 heavy (non-hydrogen) atoms. The third-order valence-corrected chi connectivity index (χ3v) is 5.46. The summed E-state index contributed by atoms with van der Waals surface area (Å²) < 4.78 is 1.72. The number of anilines is 2. The Morgan fingerprint density at radius 1 is 1.20 bits per heavy atom. The van der Waals surface area contributed by atoms with Crippen molar-refractivity contribution in [3.8, 4) is 11.3 Å². The van der Waals surface area contributed by atoms with E-state index in [-0.39, 0.29) is 5.91 Å². The Morgan fingerprint density at radius 3 is 2.77 bits per heavy atom. The molecule has 8 heteroatoms. The standard InChI is InChI=1S/C22H27N7O/c1-4-28-9-10-29(21(30)15-28)13-18-6-5-17(11-16(18)2)20-7-8-23-22(26-20)25-19-12-24-27(3)14-19/h5-8,11-12,14H,4,9-10,13,15H2,1-3H3,(H,23,25,26). The maximum absolute atomic E-state index is 12.4. The normalized spacial score (nSPS) is 14.9. The van der Waals surface area contributed by atoms with Gasteiger partial charge in [-0.3, -0.25) is 14.4 Å². The van der Waals surface area contributed by atoms with Crippen LogP contribution in [0.25, 0.3) is 11.3 Å². The van der Waals surface area contributed by atoms with Gasteiger partial charge in [-0.25, -0.2) is 9.97 Å². The minimum Gasteiger partial charge on any atom is -0.336 e. The van der Waals surface area contributed by atoms with E-state index in [1.54, 1.807) is 17.1 Å². The van der Waals surface area contributed by atoms with Gasteiger partial charge in [-0.05, 0) is 36.7 Å². The minimum atomic E-state index is 0.202. The molecule has 0 saturated carbocycles. The Bertz CT molecular complexity index is 1050. The average Bonchev–Trinajstić information content (AvgIpc) is 3.15. The van der Waals surface area contributed by atoms with Crippen molar-refractivity contribution < 1.29 is 4.79 Å². The van der Waals surface area contributed by atoms with E-state index in [1.807, 2.05) is 24.2 Å². The van der Waals surface area contributed by atoms with Crippen molar-refractivity contribution in [3.63, 3.8) is 0 Å². The van der Waals surface area contributed by atoms with Crippen molar-refractivity contribution in [3.05, 3.63) is 54.0 Å². The molecule has 1 aromatic carbocycles. The maximum Gasteiger partial charge on any atom is 0.237 e. The number of benzene rings is 1. The molecule has 4 rings (SSSR count). The fraction of sp³-hybridized carbons (Fsp3) is 0.364. The number of hydrogen-bond donors (Lipinski definition) is 1. The van der Waals surface area contributed by atoms with Crippen LogP contribution in [0.2, 0.25) is 0 Å². The lowest BCUT2D eigenvalue weighted by atomic mass is 10.0. The van der Waals surface area contributed by atoms with Crippen molar-refractivity contribution in [1.82, 2.24) is 29.5 Å². The van der Waals surface area contributed by atoms with E-state index in [9.17, 15) is 4.79 Å². The number of rotatable bonds is 6. The van der Waals surface area contributed by atoms with Gasteiger partial charge in [0, 0.05) is 44.6 Å². The molecule has 2 aromatic heterocycles. The molecule has 0 aliphatic carbocycles. The second-order valence-electron chi connectivity index (χ2n) is 7.62. The molecule has 1 aliphatic rings. The van der Waals surface area contributed by atoms with Crippen LogP contribution in [0.5, 0.6) is 0 Å². The molecule has 156 valence electrons. The van der Waals surface area contributed by atoms with E-state index >= 15 is 0 Å². The molecule has 1 aliphatic heterocycles. The van der Waals surface area contributed by atoms with Crippen molar-refractivity contribution in [1.29, 1.82) is 0 Å². The summed E-state index contributed by atoms with van der Waals surface area (Å²) in [5.74, 6) is 0.732. The number of likely N-dealkylation sites (N-methyl/N-ethyl adjacent to an activating group) is 1. The summed E-state index contributed by atoms with van der Waals surface area (Å²) in [6.07, 6.45) is 5.35. The molecule has 0 bridgehead atoms. The smallest absolute Gasteiger partial charge is 0.237 e. The monoisotopic (exact) mass is 405 g/mol. The highest BCUT2D eigenvalue weighted by Crippen LogP contribution is 2.23. The van der Waals surface area contributed by atoms with Gasteiger partial charge in [-0.2, -0.15) is 5.10 Å². The first kappa shape index (κ1) is 20.0. The number of nitrogens with one attached hydrogen (secondary N) is 1. The summed E-state index contributed by atoms with van der Waals surface area (Å²) in [4.78, 5) is 25.5. The molecule has 0 spiro atoms. The lowest BCUT2D eigenvalue weighted by Crippen LogP contribution is -2.49. The zero-order chi connectivity index (χ0) is 21.1. The summed E-state index contributed by atoms with van der Waals surface area (Å²) in [5.41, 5.74) is 5.03. The summed E-state index contributed by atoms with van der Waals surface area (Å²) in [5, 5.41) is 7.32. The highest BCUT2D eigenvalue weighted by atomic mass is 16.2. The number of aryl methyl sites for hydroxylation is 2. The molecule has 0 radical (unpaired) electrons. The van der Waals surface area contributed by atoms with Crippen molar-refractivity contribution >= 4 is 17.5 Å². The SMILES string of the molecule is CCN1CCN(Cc2ccc(-c3ccnc(Nc4cnn(C)c4)n3)cc2C)C(=O)C1. The van der Waals surface area contributed by atoms with Crippen LogP contribution in [0.15, 0.2) is 42.9 Å². The lowest BCUT2D eigenvalue weighted by Gasteiger charge is -2.34. The third-order valence-electron chi connectivity index (χ3n) is 5.46. The largest absolute Gasteiger partial charge is 0.336 e. The quantitative estimate of drug-likeness (QED) is 0.679. The number of carbonyl (C=O) groups excluding carboxylic acids is 1. The number of aromatic nitrogens is 4. The first-order chi connectivity index (χ1) is 14.5. The molecule has 0 unspecified atom stereocenters. The number of carbonyl (C=O) groups is 1. The van der Waals surface area contributed by atoms with Gasteiger partial charge < -0.3 is 10.2 Å². The van der Waals surface area contributed by atoms with Crippen molar-refractivity contribution in [2.24, 2.45) is 7.05 Å². The second kappa shape index (κ2) is 8.62. The zero-order valence-electron chi connectivity index (χ0n) is 17.7. The zero-order valence-corrected chi connectivity index (χ0v) is 17.7. The Labute approximate surface area is 176 Å². The molecule has 8 nitrogen and oxygen atoms in total. The van der Waals surface area contributed by atoms with Crippen LogP contribution >= 0.6 is 0 Å². The van der Waals surface area contributed by atoms with E-state index in [4.69, 9.17) is 0 Å². The number of piperazine rings is 1. The average molecular weight is 406 g/mol. The second-order valence-corrected chi connectivity index (χ2v) is 7.62. The molecular weight excluding hydrogens is 378 g/mol. The maximum atomic E-state index is 12.4. The minimum absolute atomic E-state index is 0.202. The van der Waals surface area contributed by atoms with Crippen LogP contribution in [-0.4, -0.2) is 61.6 Å². The summed E-state index contributed by atoms with van der Waals surface area (Å²) in [6.45, 7) is 7.99. The van der Waals surface area contributed by atoms with Gasteiger partial charge in [-0.15, -0.1) is 0 Å². The third kappa shape index (κ3) is 4.49. The topological polar surface area (TPSA) is 79.2 Å². The molecular formula is C22H27N7O. The van der Waals surface area contributed by atoms with E-state index in [2.05, 4.69) is 57.3 Å². The van der Waals surface area contributed by atoms with Crippen molar-refractivity contribution in [2.75, 3.05) is 31.5 Å². The van der Waals surface area contributed by atoms with Crippen LogP contribution in [-0.2, 0) is 18.4 Å². The van der Waals surface area contributed by atoms with Gasteiger partial charge in [0.05, 0.1) is 24.1 Å². The summed E-state index contributed by atoms with van der Waals surface area (Å²) in [7, 11) is 1.87. The molecule has 3 aromatic rings. The predicted octanol–water partition coefficient (Wildman–Crippen LogP) is 2.59. The lowest BCUT2D eigenvalue weighted by molar-refractivity contribution is -0.136. The van der Waals surface area contributed by atoms with Gasteiger partial charge in [0.2, 0.25) is 11.9 Å². The van der Waals surface area contributed by atoms with E-state index in [0.29, 0.717) is 19.0 Å². The summed E-state index contributed by atoms with van der Waals surface area (Å²) >= 11 is 0. The molecule has 1 amide bonds. The predicted molar refractivity (Wildman–Crippen MR) is 116 cm³/mol. The van der Waals surface area contributed by atoms with Gasteiger partial charge in [0.1, 0.15) is 0 Å². The highest BCUT2D eigenvalue weighted by Gasteiger charge is 2.23. The Balaban J connectivity index is 1.48. The van der Waals surface area contributed by atoms with Gasteiger partial charge in [-0.1, -0.05) is 19.1 Å². The van der Waals surface area contributed by atoms with E-state index in [1.165, 1.54) is 5.56 Å². The van der Waals surface area contributed by atoms with Crippen LogP contribution in [0.3, 0.4) is 0 Å². The first-order valence-electron chi connectivity index (χ1n) is 10.2. The molecule has 0 atom stereocenters. The van der Waals surface area contributed by atoms with Crippen LogP contribution in [0.1, 0.15) is 18.1 Å². The number of hydrogen-bond acceptors (Lipinski definition) is 6. The fourth-order valence-electron chi connectivity index (χ4n) is 3.63. The van der Waals surface area contributed by atoms with E-state index < -0.39 is 0 Å². The van der Waals surface area contributed by atoms with E-state index in [0.717, 1.165) is 42.1 Å². The molecule has 3 heterocycles.